The van der Waals surface area contributed by atoms with Crippen molar-refractivity contribution in [2.45, 2.75) is 6.92 Å². The maximum Gasteiger partial charge on any atom is 0.255 e. The molecule has 0 spiro atoms. The molecule has 4 aromatic rings. The summed E-state index contributed by atoms with van der Waals surface area (Å²) in [5.41, 5.74) is 1.74. The van der Waals surface area contributed by atoms with Crippen LogP contribution in [0, 0.1) is 5.82 Å². The molecule has 1 aromatic heterocycles. The third kappa shape index (κ3) is 4.61. The number of thiazole rings is 1. The molecule has 2 amide bonds. The number of nitrogens with one attached hydrogen (secondary N) is 2. The van der Waals surface area contributed by atoms with Crippen molar-refractivity contribution in [3.8, 4) is 11.5 Å². The summed E-state index contributed by atoms with van der Waals surface area (Å²) in [6.45, 7) is 1.42. The van der Waals surface area contributed by atoms with Crippen molar-refractivity contribution in [2.75, 3.05) is 10.6 Å². The SMILES string of the molecule is CC(=O)Nc1nc2cc(NC(=O)c3ccc(Oc4ccc(F)cc4)cc3)ccc2s1. The van der Waals surface area contributed by atoms with Crippen LogP contribution in [0.3, 0.4) is 0 Å². The third-order valence-electron chi connectivity index (χ3n) is 4.09. The molecule has 0 saturated heterocycles. The Morgan fingerprint density at radius 3 is 2.27 bits per heavy atom. The molecule has 0 aliphatic heterocycles. The van der Waals surface area contributed by atoms with E-state index in [0.717, 1.165) is 4.70 Å². The number of carbonyl (C=O) groups is 2. The number of anilines is 2. The van der Waals surface area contributed by atoms with Gasteiger partial charge < -0.3 is 15.4 Å². The number of hydrogen-bond acceptors (Lipinski definition) is 5. The molecule has 8 heteroatoms. The van der Waals surface area contributed by atoms with Gasteiger partial charge in [-0.15, -0.1) is 0 Å². The number of carbonyl (C=O) groups excluding carboxylic acids is 2. The lowest BCUT2D eigenvalue weighted by Gasteiger charge is -2.08. The largest absolute Gasteiger partial charge is 0.457 e. The molecule has 6 nitrogen and oxygen atoms in total. The van der Waals surface area contributed by atoms with Gasteiger partial charge in [-0.1, -0.05) is 11.3 Å². The van der Waals surface area contributed by atoms with Crippen molar-refractivity contribution in [1.82, 2.24) is 4.98 Å². The average molecular weight is 421 g/mol. The summed E-state index contributed by atoms with van der Waals surface area (Å²) in [6, 6.07) is 17.7. The van der Waals surface area contributed by atoms with Gasteiger partial charge in [-0.05, 0) is 66.7 Å². The minimum atomic E-state index is -0.337. The van der Waals surface area contributed by atoms with E-state index in [4.69, 9.17) is 4.74 Å². The van der Waals surface area contributed by atoms with Crippen molar-refractivity contribution in [1.29, 1.82) is 0 Å². The lowest BCUT2D eigenvalue weighted by Crippen LogP contribution is -2.11. The van der Waals surface area contributed by atoms with E-state index >= 15 is 0 Å². The van der Waals surface area contributed by atoms with Gasteiger partial charge in [0, 0.05) is 18.2 Å². The zero-order valence-corrected chi connectivity index (χ0v) is 16.6. The van der Waals surface area contributed by atoms with Gasteiger partial charge in [-0.3, -0.25) is 9.59 Å². The standard InChI is InChI=1S/C22H16FN3O3S/c1-13(27)24-22-26-19-12-16(6-11-20(19)30-22)25-21(28)14-2-7-17(8-3-14)29-18-9-4-15(23)5-10-18/h2-12H,1H3,(H,25,28)(H,24,26,27). The molecule has 0 atom stereocenters. The van der Waals surface area contributed by atoms with Crippen molar-refractivity contribution in [3.63, 3.8) is 0 Å². The maximum atomic E-state index is 13.0. The normalized spacial score (nSPS) is 10.6. The van der Waals surface area contributed by atoms with Crippen molar-refractivity contribution in [2.24, 2.45) is 0 Å². The van der Waals surface area contributed by atoms with Gasteiger partial charge in [0.1, 0.15) is 17.3 Å². The van der Waals surface area contributed by atoms with Crippen LogP contribution in [0.2, 0.25) is 0 Å². The Hall–Kier alpha value is -3.78. The van der Waals surface area contributed by atoms with Crippen LogP contribution >= 0.6 is 11.3 Å². The van der Waals surface area contributed by atoms with Crippen molar-refractivity contribution >= 4 is 44.2 Å². The van der Waals surface area contributed by atoms with Crippen LogP contribution in [0.15, 0.2) is 66.7 Å². The summed E-state index contributed by atoms with van der Waals surface area (Å²) in [4.78, 5) is 28.1. The van der Waals surface area contributed by atoms with E-state index in [1.807, 2.05) is 6.07 Å². The quantitative estimate of drug-likeness (QED) is 0.450. The van der Waals surface area contributed by atoms with Crippen LogP contribution in [-0.2, 0) is 4.79 Å². The van der Waals surface area contributed by atoms with Crippen LogP contribution in [0.4, 0.5) is 15.2 Å². The number of aromatic nitrogens is 1. The summed E-state index contributed by atoms with van der Waals surface area (Å²) < 4.78 is 19.5. The Labute approximate surface area is 175 Å². The van der Waals surface area contributed by atoms with Crippen LogP contribution in [0.5, 0.6) is 11.5 Å². The third-order valence-corrected chi connectivity index (χ3v) is 5.05. The Balaban J connectivity index is 1.44. The second-order valence-corrected chi connectivity index (χ2v) is 7.45. The van der Waals surface area contributed by atoms with Crippen molar-refractivity contribution < 1.29 is 18.7 Å². The molecule has 150 valence electrons. The number of fused-ring (bicyclic) bond motifs is 1. The van der Waals surface area contributed by atoms with Gasteiger partial charge in [-0.25, -0.2) is 9.37 Å². The maximum absolute atomic E-state index is 13.0. The molecule has 1 heterocycles. The number of nitrogens with zero attached hydrogens (tertiary/aromatic N) is 1. The monoisotopic (exact) mass is 421 g/mol. The van der Waals surface area contributed by atoms with Gasteiger partial charge in [-0.2, -0.15) is 0 Å². The second-order valence-electron chi connectivity index (χ2n) is 6.42. The number of hydrogen-bond donors (Lipinski definition) is 2. The molecule has 4 rings (SSSR count). The van der Waals surface area contributed by atoms with E-state index in [2.05, 4.69) is 15.6 Å². The highest BCUT2D eigenvalue weighted by Crippen LogP contribution is 2.28. The molecular weight excluding hydrogens is 405 g/mol. The fourth-order valence-corrected chi connectivity index (χ4v) is 3.62. The van der Waals surface area contributed by atoms with Crippen LogP contribution in [-0.4, -0.2) is 16.8 Å². The zero-order valence-electron chi connectivity index (χ0n) is 15.8. The summed E-state index contributed by atoms with van der Waals surface area (Å²) >= 11 is 1.36. The smallest absolute Gasteiger partial charge is 0.255 e. The highest BCUT2D eigenvalue weighted by molar-refractivity contribution is 7.22. The molecular formula is C22H16FN3O3S. The Morgan fingerprint density at radius 1 is 0.933 bits per heavy atom. The first-order valence-corrected chi connectivity index (χ1v) is 9.81. The predicted octanol–water partition coefficient (Wildman–Crippen LogP) is 5.44. The summed E-state index contributed by atoms with van der Waals surface area (Å²) in [5, 5.41) is 6.00. The number of amides is 2. The van der Waals surface area contributed by atoms with Gasteiger partial charge in [0.2, 0.25) is 5.91 Å². The Morgan fingerprint density at radius 2 is 1.60 bits per heavy atom. The molecule has 3 aromatic carbocycles. The first-order chi connectivity index (χ1) is 14.5. The summed E-state index contributed by atoms with van der Waals surface area (Å²) in [6.07, 6.45) is 0. The topological polar surface area (TPSA) is 80.3 Å². The van der Waals surface area contributed by atoms with E-state index in [1.165, 1.54) is 42.5 Å². The first-order valence-electron chi connectivity index (χ1n) is 8.99. The van der Waals surface area contributed by atoms with Crippen LogP contribution in [0.25, 0.3) is 10.2 Å². The van der Waals surface area contributed by atoms with E-state index in [1.54, 1.807) is 36.4 Å². The molecule has 0 fully saturated rings. The second kappa shape index (κ2) is 8.30. The number of ether oxygens (including phenoxy) is 1. The van der Waals surface area contributed by atoms with E-state index in [-0.39, 0.29) is 17.6 Å². The zero-order chi connectivity index (χ0) is 21.1. The molecule has 0 saturated carbocycles. The highest BCUT2D eigenvalue weighted by atomic mass is 32.1. The fourth-order valence-electron chi connectivity index (χ4n) is 2.73. The number of benzene rings is 3. The van der Waals surface area contributed by atoms with Gasteiger partial charge >= 0.3 is 0 Å². The van der Waals surface area contributed by atoms with Crippen LogP contribution < -0.4 is 15.4 Å². The van der Waals surface area contributed by atoms with E-state index in [0.29, 0.717) is 33.4 Å². The fraction of sp³-hybridized carbons (Fsp3) is 0.0455. The van der Waals surface area contributed by atoms with Crippen molar-refractivity contribution in [3.05, 3.63) is 78.1 Å². The minimum absolute atomic E-state index is 0.186. The molecule has 0 unspecified atom stereocenters. The molecule has 0 bridgehead atoms. The molecule has 0 aliphatic carbocycles. The molecule has 0 radical (unpaired) electrons. The van der Waals surface area contributed by atoms with Gasteiger partial charge in [0.15, 0.2) is 5.13 Å². The lowest BCUT2D eigenvalue weighted by molar-refractivity contribution is -0.114. The van der Waals surface area contributed by atoms with E-state index < -0.39 is 0 Å². The van der Waals surface area contributed by atoms with Gasteiger partial charge in [0.25, 0.3) is 5.91 Å². The number of halogens is 1. The molecule has 0 aliphatic rings. The lowest BCUT2D eigenvalue weighted by atomic mass is 10.2. The summed E-state index contributed by atoms with van der Waals surface area (Å²) in [7, 11) is 0. The first kappa shape index (κ1) is 19.5. The Kier molecular flexibility index (Phi) is 5.40. The Bertz CT molecular complexity index is 1220. The summed E-state index contributed by atoms with van der Waals surface area (Å²) in [5.74, 6) is 0.238. The van der Waals surface area contributed by atoms with E-state index in [9.17, 15) is 14.0 Å². The molecule has 30 heavy (non-hydrogen) atoms. The van der Waals surface area contributed by atoms with Gasteiger partial charge in [0.05, 0.1) is 10.2 Å². The van der Waals surface area contributed by atoms with Crippen LogP contribution in [0.1, 0.15) is 17.3 Å². The molecule has 2 N–H and O–H groups in total. The highest BCUT2D eigenvalue weighted by Gasteiger charge is 2.10. The predicted molar refractivity (Wildman–Crippen MR) is 115 cm³/mol. The number of rotatable bonds is 5. The minimum Gasteiger partial charge on any atom is -0.457 e. The average Bonchev–Trinajstić information content (AvgIpc) is 3.11.